The molecule has 0 bridgehead atoms. The summed E-state index contributed by atoms with van der Waals surface area (Å²) >= 11 is 0. The van der Waals surface area contributed by atoms with Crippen molar-refractivity contribution in [2.75, 3.05) is 0 Å². The van der Waals surface area contributed by atoms with Gasteiger partial charge in [-0.3, -0.25) is 0 Å². The Morgan fingerprint density at radius 1 is 0.882 bits per heavy atom. The van der Waals surface area contributed by atoms with Gasteiger partial charge in [0.1, 0.15) is 11.3 Å². The summed E-state index contributed by atoms with van der Waals surface area (Å²) in [5.41, 5.74) is 8.87. The fourth-order valence-corrected chi connectivity index (χ4v) is 2.01. The van der Waals surface area contributed by atoms with E-state index in [0.29, 0.717) is 6.54 Å². The van der Waals surface area contributed by atoms with Gasteiger partial charge in [0.25, 0.3) is 0 Å². The molecule has 0 aliphatic carbocycles. The highest BCUT2D eigenvalue weighted by Gasteiger charge is 2.04. The van der Waals surface area contributed by atoms with Crippen LogP contribution in [0.5, 0.6) is 0 Å². The zero-order valence-electron chi connectivity index (χ0n) is 9.39. The lowest BCUT2D eigenvalue weighted by molar-refractivity contribution is 0.552. The number of rotatable bonds is 2. The Kier molecular flexibility index (Phi) is 2.42. The Hall–Kier alpha value is -2.06. The molecule has 0 fully saturated rings. The summed E-state index contributed by atoms with van der Waals surface area (Å²) in [7, 11) is 0. The number of nitrogens with two attached hydrogens (primary N) is 1. The van der Waals surface area contributed by atoms with Crippen molar-refractivity contribution in [1.29, 1.82) is 0 Å². The summed E-state index contributed by atoms with van der Waals surface area (Å²) in [6.45, 7) is 0.440. The van der Waals surface area contributed by atoms with Gasteiger partial charge in [-0.25, -0.2) is 0 Å². The van der Waals surface area contributed by atoms with E-state index in [1.807, 2.05) is 30.3 Å². The first kappa shape index (κ1) is 10.1. The zero-order chi connectivity index (χ0) is 11.7. The first-order valence-corrected chi connectivity index (χ1v) is 5.65. The lowest BCUT2D eigenvalue weighted by atomic mass is 10.0. The molecule has 1 aromatic heterocycles. The molecule has 0 saturated carbocycles. The summed E-state index contributed by atoms with van der Waals surface area (Å²) in [6.07, 6.45) is 0. The maximum absolute atomic E-state index is 5.58. The minimum Gasteiger partial charge on any atom is -0.460 e. The minimum atomic E-state index is 0.440. The Bertz CT molecular complexity index is 640. The quantitative estimate of drug-likeness (QED) is 0.721. The van der Waals surface area contributed by atoms with Crippen molar-refractivity contribution in [2.24, 2.45) is 5.73 Å². The van der Waals surface area contributed by atoms with Gasteiger partial charge in [-0.2, -0.15) is 0 Å². The van der Waals surface area contributed by atoms with Crippen LogP contribution in [-0.2, 0) is 6.54 Å². The van der Waals surface area contributed by atoms with Gasteiger partial charge in [-0.05, 0) is 29.3 Å². The van der Waals surface area contributed by atoms with E-state index in [-0.39, 0.29) is 0 Å². The summed E-state index contributed by atoms with van der Waals surface area (Å²) in [5, 5.41) is 1.10. The molecule has 0 unspecified atom stereocenters. The van der Waals surface area contributed by atoms with Gasteiger partial charge in [0.05, 0.1) is 6.54 Å². The molecule has 17 heavy (non-hydrogen) atoms. The Morgan fingerprint density at radius 2 is 1.71 bits per heavy atom. The summed E-state index contributed by atoms with van der Waals surface area (Å²) in [6, 6.07) is 18.5. The molecule has 2 nitrogen and oxygen atoms in total. The van der Waals surface area contributed by atoms with E-state index in [4.69, 9.17) is 10.2 Å². The van der Waals surface area contributed by atoms with Gasteiger partial charge in [0, 0.05) is 5.39 Å². The molecule has 0 aliphatic heterocycles. The molecule has 0 atom stereocenters. The van der Waals surface area contributed by atoms with Gasteiger partial charge in [-0.1, -0.05) is 36.4 Å². The third-order valence-electron chi connectivity index (χ3n) is 2.88. The Labute approximate surface area is 99.7 Å². The fraction of sp³-hybridized carbons (Fsp3) is 0.0667. The smallest absolute Gasteiger partial charge is 0.134 e. The number of fused-ring (bicyclic) bond motifs is 1. The van der Waals surface area contributed by atoms with Crippen molar-refractivity contribution in [3.63, 3.8) is 0 Å². The van der Waals surface area contributed by atoms with E-state index in [2.05, 4.69) is 24.3 Å². The van der Waals surface area contributed by atoms with Crippen LogP contribution in [0.15, 0.2) is 59.0 Å². The lowest BCUT2D eigenvalue weighted by Crippen LogP contribution is -1.92. The number of hydrogen-bond donors (Lipinski definition) is 1. The molecule has 0 radical (unpaired) electrons. The molecule has 2 heteroatoms. The molecule has 0 amide bonds. The topological polar surface area (TPSA) is 39.2 Å². The van der Waals surface area contributed by atoms with Crippen molar-refractivity contribution in [2.45, 2.75) is 6.54 Å². The number of hydrogen-bond acceptors (Lipinski definition) is 2. The number of benzene rings is 2. The first-order valence-electron chi connectivity index (χ1n) is 5.65. The number of furan rings is 1. The molecular weight excluding hydrogens is 210 g/mol. The van der Waals surface area contributed by atoms with Crippen molar-refractivity contribution in [1.82, 2.24) is 0 Å². The van der Waals surface area contributed by atoms with E-state index < -0.39 is 0 Å². The van der Waals surface area contributed by atoms with Crippen LogP contribution in [0.25, 0.3) is 22.1 Å². The maximum Gasteiger partial charge on any atom is 0.134 e. The second-order valence-corrected chi connectivity index (χ2v) is 4.04. The highest BCUT2D eigenvalue weighted by atomic mass is 16.3. The van der Waals surface area contributed by atoms with Crippen LogP contribution in [0.1, 0.15) is 5.76 Å². The van der Waals surface area contributed by atoms with Crippen LogP contribution < -0.4 is 5.73 Å². The first-order chi connectivity index (χ1) is 8.36. The Balaban J connectivity index is 2.13. The van der Waals surface area contributed by atoms with Gasteiger partial charge in [-0.15, -0.1) is 0 Å². The molecule has 1 heterocycles. The third-order valence-corrected chi connectivity index (χ3v) is 2.88. The van der Waals surface area contributed by atoms with Gasteiger partial charge in [0.15, 0.2) is 0 Å². The van der Waals surface area contributed by atoms with Crippen LogP contribution in [-0.4, -0.2) is 0 Å². The normalized spacial score (nSPS) is 10.9. The molecule has 84 valence electrons. The van der Waals surface area contributed by atoms with Crippen LogP contribution in [0.4, 0.5) is 0 Å². The summed E-state index contributed by atoms with van der Waals surface area (Å²) in [5.74, 6) is 0.824. The fourth-order valence-electron chi connectivity index (χ4n) is 2.01. The van der Waals surface area contributed by atoms with E-state index >= 15 is 0 Å². The van der Waals surface area contributed by atoms with Crippen molar-refractivity contribution in [3.05, 3.63) is 60.4 Å². The maximum atomic E-state index is 5.58. The minimum absolute atomic E-state index is 0.440. The van der Waals surface area contributed by atoms with Crippen LogP contribution in [0.3, 0.4) is 0 Å². The van der Waals surface area contributed by atoms with Crippen LogP contribution in [0.2, 0.25) is 0 Å². The highest BCUT2D eigenvalue weighted by Crippen LogP contribution is 2.26. The molecule has 3 rings (SSSR count). The highest BCUT2D eigenvalue weighted by molar-refractivity contribution is 5.84. The van der Waals surface area contributed by atoms with Gasteiger partial charge >= 0.3 is 0 Å². The predicted octanol–water partition coefficient (Wildman–Crippen LogP) is 3.56. The second-order valence-electron chi connectivity index (χ2n) is 4.04. The molecule has 2 N–H and O–H groups in total. The average Bonchev–Trinajstić information content (AvgIpc) is 2.81. The second kappa shape index (κ2) is 4.07. The molecule has 3 aromatic rings. The van der Waals surface area contributed by atoms with E-state index in [1.54, 1.807) is 0 Å². The van der Waals surface area contributed by atoms with Crippen molar-refractivity contribution < 1.29 is 4.42 Å². The molecule has 0 aliphatic rings. The zero-order valence-corrected chi connectivity index (χ0v) is 9.39. The lowest BCUT2D eigenvalue weighted by Gasteiger charge is -2.00. The molecule has 0 spiro atoms. The van der Waals surface area contributed by atoms with Crippen LogP contribution in [0, 0.1) is 0 Å². The summed E-state index contributed by atoms with van der Waals surface area (Å²) < 4.78 is 5.58. The predicted molar refractivity (Wildman–Crippen MR) is 69.5 cm³/mol. The average molecular weight is 223 g/mol. The standard InChI is InChI=1S/C15H13NO/c16-10-14-9-13-8-12(6-7-15(13)17-14)11-4-2-1-3-5-11/h1-9H,10,16H2. The monoisotopic (exact) mass is 223 g/mol. The van der Waals surface area contributed by atoms with Crippen molar-refractivity contribution in [3.8, 4) is 11.1 Å². The molecule has 2 aromatic carbocycles. The van der Waals surface area contributed by atoms with Crippen molar-refractivity contribution >= 4 is 11.0 Å². The largest absolute Gasteiger partial charge is 0.460 e. The van der Waals surface area contributed by atoms with Gasteiger partial charge < -0.3 is 10.2 Å². The van der Waals surface area contributed by atoms with Gasteiger partial charge in [0.2, 0.25) is 0 Å². The third kappa shape index (κ3) is 1.83. The summed E-state index contributed by atoms with van der Waals surface area (Å²) in [4.78, 5) is 0. The van der Waals surface area contributed by atoms with E-state index in [1.165, 1.54) is 11.1 Å². The molecular formula is C15H13NO. The van der Waals surface area contributed by atoms with Crippen LogP contribution >= 0.6 is 0 Å². The SMILES string of the molecule is NCc1cc2cc(-c3ccccc3)ccc2o1. The Morgan fingerprint density at radius 3 is 2.47 bits per heavy atom. The molecule has 0 saturated heterocycles. The van der Waals surface area contributed by atoms with E-state index in [0.717, 1.165) is 16.7 Å². The van der Waals surface area contributed by atoms with E-state index in [9.17, 15) is 0 Å².